The summed E-state index contributed by atoms with van der Waals surface area (Å²) in [5, 5.41) is 14.8. The first kappa shape index (κ1) is 14.3. The van der Waals surface area contributed by atoms with Crippen molar-refractivity contribution in [2.24, 2.45) is 0 Å². The summed E-state index contributed by atoms with van der Waals surface area (Å²) >= 11 is 1.57. The Kier molecular flexibility index (Phi) is 4.19. The van der Waals surface area contributed by atoms with E-state index < -0.39 is 4.92 Å². The van der Waals surface area contributed by atoms with Gasteiger partial charge in [0.15, 0.2) is 5.16 Å². The number of nitrogens with zero attached hydrogens (tertiary/aromatic N) is 3. The number of fused-ring (bicyclic) bond motifs is 1. The Morgan fingerprint density at radius 1 is 1.32 bits per heavy atom. The van der Waals surface area contributed by atoms with E-state index in [1.165, 1.54) is 12.4 Å². The van der Waals surface area contributed by atoms with Crippen LogP contribution in [0.15, 0.2) is 47.9 Å². The highest BCUT2D eigenvalue weighted by Gasteiger charge is 2.12. The van der Waals surface area contributed by atoms with Gasteiger partial charge in [0, 0.05) is 18.5 Å². The topological polar surface area (TPSA) is 96.7 Å². The molecule has 112 valence electrons. The van der Waals surface area contributed by atoms with E-state index >= 15 is 0 Å². The van der Waals surface area contributed by atoms with Gasteiger partial charge in [0.25, 0.3) is 0 Å². The van der Waals surface area contributed by atoms with Crippen LogP contribution in [0.5, 0.6) is 0 Å². The van der Waals surface area contributed by atoms with E-state index in [1.54, 1.807) is 17.8 Å². The summed E-state index contributed by atoms with van der Waals surface area (Å²) < 4.78 is 0. The van der Waals surface area contributed by atoms with Gasteiger partial charge in [-0.1, -0.05) is 23.9 Å². The summed E-state index contributed by atoms with van der Waals surface area (Å²) in [7, 11) is 0. The zero-order chi connectivity index (χ0) is 15.4. The number of pyridine rings is 1. The lowest BCUT2D eigenvalue weighted by atomic mass is 10.3. The predicted molar refractivity (Wildman–Crippen MR) is 86.2 cm³/mol. The van der Waals surface area contributed by atoms with Gasteiger partial charge in [-0.2, -0.15) is 0 Å². The lowest BCUT2D eigenvalue weighted by Crippen LogP contribution is -2.06. The maximum absolute atomic E-state index is 10.9. The molecule has 0 aliphatic carbocycles. The number of benzene rings is 1. The van der Waals surface area contributed by atoms with E-state index in [9.17, 15) is 10.1 Å². The van der Waals surface area contributed by atoms with Crippen molar-refractivity contribution in [3.05, 3.63) is 52.8 Å². The number of anilines is 1. The van der Waals surface area contributed by atoms with Crippen molar-refractivity contribution in [3.63, 3.8) is 0 Å². The first-order valence-corrected chi connectivity index (χ1v) is 7.62. The molecule has 0 fully saturated rings. The standard InChI is InChI=1S/C14H13N5O2S/c20-19(21)13-9-15-6-5-12(13)16-7-8-22-14-17-10-3-1-2-4-11(10)18-14/h1-6,9H,7-8H2,(H,15,16)(H,17,18). The zero-order valence-corrected chi connectivity index (χ0v) is 12.3. The summed E-state index contributed by atoms with van der Waals surface area (Å²) in [6.07, 6.45) is 2.77. The Labute approximate surface area is 130 Å². The summed E-state index contributed by atoms with van der Waals surface area (Å²) in [5.41, 5.74) is 2.40. The molecule has 22 heavy (non-hydrogen) atoms. The number of aromatic amines is 1. The Morgan fingerprint density at radius 3 is 3.00 bits per heavy atom. The van der Waals surface area contributed by atoms with Crippen LogP contribution in [0.25, 0.3) is 11.0 Å². The summed E-state index contributed by atoms with van der Waals surface area (Å²) in [4.78, 5) is 21.9. The van der Waals surface area contributed by atoms with Gasteiger partial charge in [0.2, 0.25) is 0 Å². The lowest BCUT2D eigenvalue weighted by molar-refractivity contribution is -0.384. The minimum atomic E-state index is -0.443. The van der Waals surface area contributed by atoms with Gasteiger partial charge >= 0.3 is 5.69 Å². The second-order valence-electron chi connectivity index (χ2n) is 4.48. The van der Waals surface area contributed by atoms with E-state index in [0.29, 0.717) is 12.2 Å². The normalized spacial score (nSPS) is 10.7. The van der Waals surface area contributed by atoms with E-state index in [1.807, 2.05) is 24.3 Å². The van der Waals surface area contributed by atoms with Gasteiger partial charge in [0.1, 0.15) is 11.9 Å². The van der Waals surface area contributed by atoms with Crippen molar-refractivity contribution in [1.29, 1.82) is 0 Å². The number of hydrogen-bond donors (Lipinski definition) is 2. The van der Waals surface area contributed by atoms with Gasteiger partial charge in [-0.3, -0.25) is 15.1 Å². The summed E-state index contributed by atoms with van der Waals surface area (Å²) in [6, 6.07) is 9.43. The molecule has 0 unspecified atom stereocenters. The van der Waals surface area contributed by atoms with Crippen LogP contribution in [0.2, 0.25) is 0 Å². The minimum Gasteiger partial charge on any atom is -0.379 e. The van der Waals surface area contributed by atoms with E-state index in [0.717, 1.165) is 21.9 Å². The third kappa shape index (κ3) is 3.17. The fraction of sp³-hybridized carbons (Fsp3) is 0.143. The van der Waals surface area contributed by atoms with E-state index in [4.69, 9.17) is 0 Å². The number of rotatable bonds is 6. The second-order valence-corrected chi connectivity index (χ2v) is 5.57. The second kappa shape index (κ2) is 6.44. The van der Waals surface area contributed by atoms with Crippen LogP contribution in [-0.4, -0.2) is 32.2 Å². The first-order valence-electron chi connectivity index (χ1n) is 6.64. The number of aromatic nitrogens is 3. The van der Waals surface area contributed by atoms with Crippen LogP contribution < -0.4 is 5.32 Å². The fourth-order valence-electron chi connectivity index (χ4n) is 2.01. The predicted octanol–water partition coefficient (Wildman–Crippen LogP) is 3.07. The zero-order valence-electron chi connectivity index (χ0n) is 11.5. The highest BCUT2D eigenvalue weighted by Crippen LogP contribution is 2.23. The first-order chi connectivity index (χ1) is 10.7. The monoisotopic (exact) mass is 315 g/mol. The number of imidazole rings is 1. The van der Waals surface area contributed by atoms with Crippen molar-refractivity contribution < 1.29 is 4.92 Å². The molecular formula is C14H13N5O2S. The molecule has 0 bridgehead atoms. The highest BCUT2D eigenvalue weighted by atomic mass is 32.2. The molecule has 8 heteroatoms. The van der Waals surface area contributed by atoms with Gasteiger partial charge in [-0.15, -0.1) is 0 Å². The third-order valence-electron chi connectivity index (χ3n) is 3.02. The minimum absolute atomic E-state index is 0.0174. The highest BCUT2D eigenvalue weighted by molar-refractivity contribution is 7.99. The molecule has 0 atom stereocenters. The molecule has 0 radical (unpaired) electrons. The summed E-state index contributed by atoms with van der Waals surface area (Å²) in [5.74, 6) is 0.735. The van der Waals surface area contributed by atoms with Crippen LogP contribution >= 0.6 is 11.8 Å². The quantitative estimate of drug-likeness (QED) is 0.314. The van der Waals surface area contributed by atoms with Crippen LogP contribution in [0.4, 0.5) is 11.4 Å². The largest absolute Gasteiger partial charge is 0.379 e. The molecule has 7 nitrogen and oxygen atoms in total. The van der Waals surface area contributed by atoms with Crippen LogP contribution in [-0.2, 0) is 0 Å². The van der Waals surface area contributed by atoms with Crippen LogP contribution in [0.1, 0.15) is 0 Å². The maximum atomic E-state index is 10.9. The smallest absolute Gasteiger partial charge is 0.310 e. The number of nitrogens with one attached hydrogen (secondary N) is 2. The SMILES string of the molecule is O=[N+]([O-])c1cnccc1NCCSc1nc2ccccc2[nH]1. The molecule has 0 saturated heterocycles. The number of thioether (sulfide) groups is 1. The average Bonchev–Trinajstić information content (AvgIpc) is 2.94. The fourth-order valence-corrected chi connectivity index (χ4v) is 2.75. The number of para-hydroxylation sites is 2. The molecular weight excluding hydrogens is 302 g/mol. The molecule has 2 N–H and O–H groups in total. The molecule has 0 aliphatic heterocycles. The number of nitro groups is 1. The Hall–Kier alpha value is -2.61. The maximum Gasteiger partial charge on any atom is 0.310 e. The lowest BCUT2D eigenvalue weighted by Gasteiger charge is -2.05. The van der Waals surface area contributed by atoms with Crippen molar-refractivity contribution in [2.75, 3.05) is 17.6 Å². The number of H-pyrrole nitrogens is 1. The van der Waals surface area contributed by atoms with Gasteiger partial charge in [-0.25, -0.2) is 4.98 Å². The van der Waals surface area contributed by atoms with Crippen molar-refractivity contribution in [2.45, 2.75) is 5.16 Å². The molecule has 3 rings (SSSR count). The Balaban J connectivity index is 1.56. The molecule has 2 heterocycles. The third-order valence-corrected chi connectivity index (χ3v) is 3.90. The molecule has 0 aliphatic rings. The molecule has 2 aromatic heterocycles. The van der Waals surface area contributed by atoms with Crippen LogP contribution in [0, 0.1) is 10.1 Å². The summed E-state index contributed by atoms with van der Waals surface area (Å²) in [6.45, 7) is 0.590. The van der Waals surface area contributed by atoms with Crippen LogP contribution in [0.3, 0.4) is 0 Å². The van der Waals surface area contributed by atoms with Gasteiger partial charge in [0.05, 0.1) is 16.0 Å². The molecule has 3 aromatic rings. The Morgan fingerprint density at radius 2 is 2.18 bits per heavy atom. The Bertz CT molecular complexity index is 772. The van der Waals surface area contributed by atoms with Crippen molar-refractivity contribution in [1.82, 2.24) is 15.0 Å². The van der Waals surface area contributed by atoms with Gasteiger partial charge in [-0.05, 0) is 18.2 Å². The van der Waals surface area contributed by atoms with Crippen molar-refractivity contribution >= 4 is 34.2 Å². The molecule has 1 aromatic carbocycles. The van der Waals surface area contributed by atoms with Crippen molar-refractivity contribution in [3.8, 4) is 0 Å². The average molecular weight is 315 g/mol. The molecule has 0 spiro atoms. The molecule has 0 amide bonds. The van der Waals surface area contributed by atoms with E-state index in [-0.39, 0.29) is 5.69 Å². The van der Waals surface area contributed by atoms with Gasteiger partial charge < -0.3 is 10.3 Å². The van der Waals surface area contributed by atoms with E-state index in [2.05, 4.69) is 20.3 Å². The number of hydrogen-bond acceptors (Lipinski definition) is 6. The molecule has 0 saturated carbocycles.